The van der Waals surface area contributed by atoms with Gasteiger partial charge in [0.05, 0.1) is 5.69 Å². The van der Waals surface area contributed by atoms with Gasteiger partial charge in [-0.3, -0.25) is 14.4 Å². The zero-order valence-corrected chi connectivity index (χ0v) is 8.43. The second-order valence-electron chi connectivity index (χ2n) is 3.28. The normalized spacial score (nSPS) is 10.4. The molecule has 2 rings (SSSR count). The van der Waals surface area contributed by atoms with Crippen molar-refractivity contribution in [1.29, 1.82) is 0 Å². The quantitative estimate of drug-likeness (QED) is 0.483. The van der Waals surface area contributed by atoms with Crippen LogP contribution in [0.5, 0.6) is 5.75 Å². The zero-order valence-electron chi connectivity index (χ0n) is 8.43. The summed E-state index contributed by atoms with van der Waals surface area (Å²) < 4.78 is 0. The number of carbonyl (C=O) groups is 1. The Morgan fingerprint density at radius 1 is 1.35 bits per heavy atom. The largest absolute Gasteiger partial charge is 0.504 e. The molecule has 7 nitrogen and oxygen atoms in total. The third kappa shape index (κ3) is 1.53. The number of hydrogen-bond acceptors (Lipinski definition) is 7. The van der Waals surface area contributed by atoms with Gasteiger partial charge in [0.1, 0.15) is 17.1 Å². The van der Waals surface area contributed by atoms with Gasteiger partial charge in [0.15, 0.2) is 12.0 Å². The first-order chi connectivity index (χ1) is 8.06. The van der Waals surface area contributed by atoms with Crippen molar-refractivity contribution in [2.45, 2.75) is 0 Å². The van der Waals surface area contributed by atoms with Gasteiger partial charge in [-0.15, -0.1) is 0 Å². The number of aromatic nitrogens is 1. The minimum Gasteiger partial charge on any atom is -0.504 e. The molecular formula is C10H7N3O4. The van der Waals surface area contributed by atoms with E-state index in [0.29, 0.717) is 6.29 Å². The highest BCUT2D eigenvalue weighted by Gasteiger charge is 2.19. The van der Waals surface area contributed by atoms with Crippen molar-refractivity contribution in [2.24, 2.45) is 0 Å². The molecule has 1 heterocycles. The van der Waals surface area contributed by atoms with Crippen molar-refractivity contribution in [3.8, 4) is 5.75 Å². The summed E-state index contributed by atoms with van der Waals surface area (Å²) in [6.07, 6.45) is 1.64. The smallest absolute Gasteiger partial charge is 0.253 e. The summed E-state index contributed by atoms with van der Waals surface area (Å²) in [7, 11) is 0. The minimum atomic E-state index is -0.767. The number of nitrogen functional groups attached to an aromatic ring is 1. The molecule has 86 valence electrons. The van der Waals surface area contributed by atoms with Gasteiger partial charge in [-0.2, -0.15) is 0 Å². The zero-order chi connectivity index (χ0) is 12.6. The van der Waals surface area contributed by atoms with Crippen molar-refractivity contribution in [3.05, 3.63) is 38.4 Å². The van der Waals surface area contributed by atoms with Crippen LogP contribution in [0.25, 0.3) is 0 Å². The fourth-order valence-electron chi connectivity index (χ4n) is 1.33. The average molecular weight is 233 g/mol. The van der Waals surface area contributed by atoms with Gasteiger partial charge in [-0.25, -0.2) is 4.98 Å². The molecule has 0 aliphatic heterocycles. The van der Waals surface area contributed by atoms with E-state index in [9.17, 15) is 19.5 Å². The summed E-state index contributed by atoms with van der Waals surface area (Å²) in [5.41, 5.74) is 3.41. The standard InChI is InChI=1S/C10H7N3O4/c11-6-7(10(17)9(6)16)13-4-1-2-12-5(3-14)8(4)15/h1-3,15H,11H2,(H,12,13). The van der Waals surface area contributed by atoms with Crippen LogP contribution in [-0.4, -0.2) is 16.4 Å². The topological polar surface area (TPSA) is 122 Å². The summed E-state index contributed by atoms with van der Waals surface area (Å²) >= 11 is 0. The Hall–Kier alpha value is -2.70. The second kappa shape index (κ2) is 3.71. The summed E-state index contributed by atoms with van der Waals surface area (Å²) in [4.78, 5) is 36.1. The van der Waals surface area contributed by atoms with Crippen LogP contribution in [0.1, 0.15) is 10.5 Å². The summed E-state index contributed by atoms with van der Waals surface area (Å²) in [6.45, 7) is 0. The highest BCUT2D eigenvalue weighted by molar-refractivity contribution is 5.84. The molecule has 0 amide bonds. The molecule has 0 aliphatic rings. The number of aromatic hydroxyl groups is 1. The van der Waals surface area contributed by atoms with E-state index < -0.39 is 16.6 Å². The molecule has 17 heavy (non-hydrogen) atoms. The van der Waals surface area contributed by atoms with Crippen molar-refractivity contribution >= 4 is 23.3 Å². The molecule has 0 saturated heterocycles. The van der Waals surface area contributed by atoms with Gasteiger partial charge < -0.3 is 16.2 Å². The van der Waals surface area contributed by atoms with Crippen molar-refractivity contribution in [3.63, 3.8) is 0 Å². The molecule has 0 bridgehead atoms. The van der Waals surface area contributed by atoms with E-state index in [-0.39, 0.29) is 22.8 Å². The highest BCUT2D eigenvalue weighted by atomic mass is 16.3. The number of nitrogens with one attached hydrogen (secondary N) is 1. The molecular weight excluding hydrogens is 226 g/mol. The van der Waals surface area contributed by atoms with Gasteiger partial charge >= 0.3 is 0 Å². The van der Waals surface area contributed by atoms with E-state index in [0.717, 1.165) is 0 Å². The Morgan fingerprint density at radius 3 is 2.65 bits per heavy atom. The number of nitrogens with two attached hydrogens (primary N) is 1. The third-order valence-corrected chi connectivity index (χ3v) is 2.27. The van der Waals surface area contributed by atoms with Crippen LogP contribution in [0.3, 0.4) is 0 Å². The summed E-state index contributed by atoms with van der Waals surface area (Å²) in [5.74, 6) is -0.407. The van der Waals surface area contributed by atoms with Crippen LogP contribution in [0.15, 0.2) is 21.9 Å². The lowest BCUT2D eigenvalue weighted by atomic mass is 10.2. The molecule has 4 N–H and O–H groups in total. The lowest BCUT2D eigenvalue weighted by molar-refractivity contribution is 0.111. The Kier molecular flexibility index (Phi) is 2.36. The average Bonchev–Trinajstić information content (AvgIpc) is 2.36. The van der Waals surface area contributed by atoms with Gasteiger partial charge in [0.2, 0.25) is 0 Å². The number of anilines is 3. The molecule has 1 aromatic carbocycles. The van der Waals surface area contributed by atoms with Crippen LogP contribution in [0.2, 0.25) is 0 Å². The number of aldehydes is 1. The maximum Gasteiger partial charge on any atom is 0.253 e. The molecule has 7 heteroatoms. The van der Waals surface area contributed by atoms with E-state index in [1.807, 2.05) is 0 Å². The molecule has 0 saturated carbocycles. The Morgan fingerprint density at radius 2 is 2.06 bits per heavy atom. The van der Waals surface area contributed by atoms with Crippen LogP contribution in [-0.2, 0) is 0 Å². The monoisotopic (exact) mass is 233 g/mol. The predicted octanol–water partition coefficient (Wildman–Crippen LogP) is -0.479. The molecule has 0 spiro atoms. The number of carbonyl (C=O) groups excluding carboxylic acids is 1. The molecule has 2 aromatic rings. The van der Waals surface area contributed by atoms with E-state index in [1.54, 1.807) is 0 Å². The molecule has 0 atom stereocenters. The number of rotatable bonds is 3. The van der Waals surface area contributed by atoms with Crippen molar-refractivity contribution in [1.82, 2.24) is 4.98 Å². The van der Waals surface area contributed by atoms with Crippen LogP contribution in [0.4, 0.5) is 17.1 Å². The van der Waals surface area contributed by atoms with Crippen molar-refractivity contribution < 1.29 is 9.90 Å². The maximum absolute atomic E-state index is 11.1. The molecule has 1 aromatic heterocycles. The first kappa shape index (κ1) is 10.8. The number of pyridine rings is 1. The first-order valence-corrected chi connectivity index (χ1v) is 4.55. The lowest BCUT2D eigenvalue weighted by Crippen LogP contribution is -2.36. The van der Waals surface area contributed by atoms with Crippen LogP contribution >= 0.6 is 0 Å². The van der Waals surface area contributed by atoms with Gasteiger partial charge in [0, 0.05) is 6.20 Å². The Balaban J connectivity index is 2.42. The molecule has 0 unspecified atom stereocenters. The Bertz CT molecular complexity index is 671. The fraction of sp³-hybridized carbons (Fsp3) is 0. The SMILES string of the molecule is Nc1c(Nc2ccnc(C=O)c2O)c(=O)c1=O. The van der Waals surface area contributed by atoms with Gasteiger partial charge in [0.25, 0.3) is 10.9 Å². The molecule has 0 radical (unpaired) electrons. The number of hydrogen-bond donors (Lipinski definition) is 3. The van der Waals surface area contributed by atoms with E-state index >= 15 is 0 Å². The summed E-state index contributed by atoms with van der Waals surface area (Å²) in [6, 6.07) is 1.35. The fourth-order valence-corrected chi connectivity index (χ4v) is 1.33. The Labute approximate surface area is 94.2 Å². The van der Waals surface area contributed by atoms with Gasteiger partial charge in [-0.1, -0.05) is 0 Å². The highest BCUT2D eigenvalue weighted by Crippen LogP contribution is 2.28. The molecule has 0 aliphatic carbocycles. The maximum atomic E-state index is 11.1. The third-order valence-electron chi connectivity index (χ3n) is 2.27. The minimum absolute atomic E-state index is 0.0842. The van der Waals surface area contributed by atoms with E-state index in [4.69, 9.17) is 5.73 Å². The summed E-state index contributed by atoms with van der Waals surface area (Å²) in [5, 5.41) is 12.1. The molecule has 0 fully saturated rings. The first-order valence-electron chi connectivity index (χ1n) is 4.55. The lowest BCUT2D eigenvalue weighted by Gasteiger charge is -2.11. The number of nitrogens with zero attached hydrogens (tertiary/aromatic N) is 1. The predicted molar refractivity (Wildman–Crippen MR) is 60.3 cm³/mol. The van der Waals surface area contributed by atoms with E-state index in [2.05, 4.69) is 10.3 Å². The van der Waals surface area contributed by atoms with Crippen LogP contribution < -0.4 is 21.9 Å². The van der Waals surface area contributed by atoms with Crippen molar-refractivity contribution in [2.75, 3.05) is 11.1 Å². The second-order valence-corrected chi connectivity index (χ2v) is 3.28. The van der Waals surface area contributed by atoms with Crippen LogP contribution in [0, 0.1) is 0 Å². The van der Waals surface area contributed by atoms with Gasteiger partial charge in [-0.05, 0) is 6.07 Å². The van der Waals surface area contributed by atoms with E-state index in [1.165, 1.54) is 12.3 Å².